The maximum Gasteiger partial charge on any atom is 0.183 e. The number of nitrogens with two attached hydrogens (primary N) is 1. The standard InChI is InChI=1S/C10H19NO2S/c1-9(2)3-4-14-7-10(9)12-6-8(5-11)13-10/h8H,3-7,11H2,1-2H3. The molecule has 2 aliphatic heterocycles. The Morgan fingerprint density at radius 1 is 1.50 bits per heavy atom. The predicted molar refractivity (Wildman–Crippen MR) is 58.3 cm³/mol. The summed E-state index contributed by atoms with van der Waals surface area (Å²) >= 11 is 1.92. The molecule has 14 heavy (non-hydrogen) atoms. The van der Waals surface area contributed by atoms with Gasteiger partial charge in [-0.2, -0.15) is 11.8 Å². The SMILES string of the molecule is CC1(C)CCSCC12OCC(CN)O2. The second-order valence-corrected chi connectivity index (χ2v) is 5.83. The van der Waals surface area contributed by atoms with Crippen molar-refractivity contribution in [2.45, 2.75) is 32.2 Å². The summed E-state index contributed by atoms with van der Waals surface area (Å²) in [6, 6.07) is 0. The monoisotopic (exact) mass is 217 g/mol. The molecule has 0 saturated carbocycles. The van der Waals surface area contributed by atoms with Crippen LogP contribution in [0.2, 0.25) is 0 Å². The molecule has 0 aliphatic carbocycles. The molecule has 2 N–H and O–H groups in total. The van der Waals surface area contributed by atoms with E-state index in [0.717, 1.165) is 12.2 Å². The first-order valence-corrected chi connectivity index (χ1v) is 6.35. The van der Waals surface area contributed by atoms with E-state index < -0.39 is 0 Å². The molecule has 3 nitrogen and oxygen atoms in total. The molecule has 1 spiro atoms. The Morgan fingerprint density at radius 3 is 2.86 bits per heavy atom. The van der Waals surface area contributed by atoms with E-state index in [0.29, 0.717) is 13.2 Å². The summed E-state index contributed by atoms with van der Waals surface area (Å²) in [6.07, 6.45) is 1.24. The van der Waals surface area contributed by atoms with Crippen LogP contribution in [0.4, 0.5) is 0 Å². The van der Waals surface area contributed by atoms with Crippen LogP contribution >= 0.6 is 11.8 Å². The Hall–Kier alpha value is 0.230. The summed E-state index contributed by atoms with van der Waals surface area (Å²) in [5, 5.41) is 0. The highest BCUT2D eigenvalue weighted by atomic mass is 32.2. The highest BCUT2D eigenvalue weighted by Gasteiger charge is 2.53. The average molecular weight is 217 g/mol. The molecule has 0 radical (unpaired) electrons. The zero-order chi connectivity index (χ0) is 10.2. The molecule has 0 aromatic heterocycles. The second kappa shape index (κ2) is 3.67. The summed E-state index contributed by atoms with van der Waals surface area (Å²) in [7, 11) is 0. The number of ether oxygens (including phenoxy) is 2. The molecule has 2 fully saturated rings. The first-order valence-electron chi connectivity index (χ1n) is 5.19. The Kier molecular flexibility index (Phi) is 2.81. The van der Waals surface area contributed by atoms with E-state index in [9.17, 15) is 0 Å². The van der Waals surface area contributed by atoms with Crippen LogP contribution in [-0.2, 0) is 9.47 Å². The van der Waals surface area contributed by atoms with Gasteiger partial charge in [0.2, 0.25) is 0 Å². The Balaban J connectivity index is 2.14. The van der Waals surface area contributed by atoms with Gasteiger partial charge in [-0.25, -0.2) is 0 Å². The van der Waals surface area contributed by atoms with E-state index in [1.165, 1.54) is 5.75 Å². The summed E-state index contributed by atoms with van der Waals surface area (Å²) in [4.78, 5) is 0. The minimum atomic E-state index is -0.375. The van der Waals surface area contributed by atoms with Crippen LogP contribution in [0.3, 0.4) is 0 Å². The van der Waals surface area contributed by atoms with Gasteiger partial charge in [-0.1, -0.05) is 13.8 Å². The lowest BCUT2D eigenvalue weighted by Crippen LogP contribution is -2.51. The van der Waals surface area contributed by atoms with Crippen molar-refractivity contribution < 1.29 is 9.47 Å². The molecule has 82 valence electrons. The van der Waals surface area contributed by atoms with Crippen molar-refractivity contribution in [1.29, 1.82) is 0 Å². The fourth-order valence-corrected chi connectivity index (χ4v) is 3.64. The lowest BCUT2D eigenvalue weighted by atomic mass is 9.81. The Labute approximate surface area is 89.7 Å². The molecule has 2 atom stereocenters. The average Bonchev–Trinajstić information content (AvgIpc) is 2.56. The lowest BCUT2D eigenvalue weighted by molar-refractivity contribution is -0.221. The topological polar surface area (TPSA) is 44.5 Å². The lowest BCUT2D eigenvalue weighted by Gasteiger charge is -2.45. The quantitative estimate of drug-likeness (QED) is 0.717. The molecule has 0 bridgehead atoms. The van der Waals surface area contributed by atoms with Crippen LogP contribution in [-0.4, -0.2) is 36.5 Å². The van der Waals surface area contributed by atoms with Crippen molar-refractivity contribution in [2.75, 3.05) is 24.7 Å². The van der Waals surface area contributed by atoms with E-state index >= 15 is 0 Å². The molecule has 2 aliphatic rings. The van der Waals surface area contributed by atoms with Gasteiger partial charge in [-0.05, 0) is 12.2 Å². The first kappa shape index (κ1) is 10.7. The van der Waals surface area contributed by atoms with Crippen LogP contribution in [0.1, 0.15) is 20.3 Å². The van der Waals surface area contributed by atoms with Gasteiger partial charge in [0.25, 0.3) is 0 Å². The highest BCUT2D eigenvalue weighted by molar-refractivity contribution is 7.99. The summed E-state index contributed by atoms with van der Waals surface area (Å²) in [5.41, 5.74) is 5.71. The fraction of sp³-hybridized carbons (Fsp3) is 1.00. The van der Waals surface area contributed by atoms with Crippen LogP contribution in [0.5, 0.6) is 0 Å². The normalized spacial score (nSPS) is 41.8. The molecule has 2 heterocycles. The van der Waals surface area contributed by atoms with Crippen molar-refractivity contribution in [3.8, 4) is 0 Å². The molecule has 4 heteroatoms. The number of hydrogen-bond donors (Lipinski definition) is 1. The number of rotatable bonds is 1. The van der Waals surface area contributed by atoms with E-state index in [-0.39, 0.29) is 17.3 Å². The summed E-state index contributed by atoms with van der Waals surface area (Å²) < 4.78 is 11.9. The Morgan fingerprint density at radius 2 is 2.29 bits per heavy atom. The van der Waals surface area contributed by atoms with Gasteiger partial charge in [0.1, 0.15) is 0 Å². The molecule has 0 amide bonds. The van der Waals surface area contributed by atoms with E-state index in [4.69, 9.17) is 15.2 Å². The van der Waals surface area contributed by atoms with Gasteiger partial charge in [0.05, 0.1) is 12.7 Å². The largest absolute Gasteiger partial charge is 0.346 e. The number of thioether (sulfide) groups is 1. The molecule has 2 unspecified atom stereocenters. The van der Waals surface area contributed by atoms with Crippen molar-refractivity contribution >= 4 is 11.8 Å². The highest BCUT2D eigenvalue weighted by Crippen LogP contribution is 2.48. The van der Waals surface area contributed by atoms with Gasteiger partial charge < -0.3 is 15.2 Å². The minimum Gasteiger partial charge on any atom is -0.346 e. The molecule has 2 rings (SSSR count). The molecular weight excluding hydrogens is 198 g/mol. The summed E-state index contributed by atoms with van der Waals surface area (Å²) in [6.45, 7) is 5.67. The second-order valence-electron chi connectivity index (χ2n) is 4.73. The van der Waals surface area contributed by atoms with Crippen molar-refractivity contribution in [1.82, 2.24) is 0 Å². The van der Waals surface area contributed by atoms with Crippen molar-refractivity contribution in [3.05, 3.63) is 0 Å². The Bertz CT molecular complexity index is 222. The van der Waals surface area contributed by atoms with Crippen LogP contribution in [0, 0.1) is 5.41 Å². The number of hydrogen-bond acceptors (Lipinski definition) is 4. The molecule has 2 saturated heterocycles. The van der Waals surface area contributed by atoms with Gasteiger partial charge in [0.15, 0.2) is 5.79 Å². The van der Waals surface area contributed by atoms with E-state index in [2.05, 4.69) is 13.8 Å². The van der Waals surface area contributed by atoms with E-state index in [1.807, 2.05) is 11.8 Å². The molecular formula is C10H19NO2S. The third kappa shape index (κ3) is 1.58. The maximum absolute atomic E-state index is 5.99. The zero-order valence-corrected chi connectivity index (χ0v) is 9.73. The molecule has 0 aromatic rings. The third-order valence-electron chi connectivity index (χ3n) is 3.32. The van der Waals surface area contributed by atoms with Crippen LogP contribution < -0.4 is 5.73 Å². The van der Waals surface area contributed by atoms with Gasteiger partial charge in [-0.3, -0.25) is 0 Å². The van der Waals surface area contributed by atoms with Crippen molar-refractivity contribution in [3.63, 3.8) is 0 Å². The zero-order valence-electron chi connectivity index (χ0n) is 8.91. The minimum absolute atomic E-state index is 0.0907. The fourth-order valence-electron chi connectivity index (χ4n) is 2.03. The van der Waals surface area contributed by atoms with E-state index in [1.54, 1.807) is 0 Å². The van der Waals surface area contributed by atoms with Gasteiger partial charge in [0, 0.05) is 17.7 Å². The predicted octanol–water partition coefficient (Wildman–Crippen LogP) is 1.22. The van der Waals surface area contributed by atoms with Gasteiger partial charge >= 0.3 is 0 Å². The summed E-state index contributed by atoms with van der Waals surface area (Å²) in [5.74, 6) is 1.77. The van der Waals surface area contributed by atoms with Gasteiger partial charge in [-0.15, -0.1) is 0 Å². The van der Waals surface area contributed by atoms with Crippen molar-refractivity contribution in [2.24, 2.45) is 11.1 Å². The maximum atomic E-state index is 5.99. The third-order valence-corrected chi connectivity index (χ3v) is 4.39. The molecule has 0 aromatic carbocycles. The van der Waals surface area contributed by atoms with Crippen LogP contribution in [0.15, 0.2) is 0 Å². The first-order chi connectivity index (χ1) is 6.60. The van der Waals surface area contributed by atoms with Crippen LogP contribution in [0.25, 0.3) is 0 Å². The smallest absolute Gasteiger partial charge is 0.183 e.